The van der Waals surface area contributed by atoms with Gasteiger partial charge in [-0.05, 0) is 24.5 Å². The highest BCUT2D eigenvalue weighted by Gasteiger charge is 2.69. The molecule has 0 spiro atoms. The first-order chi connectivity index (χ1) is 14.2. The molecule has 1 aromatic carbocycles. The Bertz CT molecular complexity index is 854. The fourth-order valence-electron chi connectivity index (χ4n) is 5.12. The van der Waals surface area contributed by atoms with Crippen molar-refractivity contribution in [2.45, 2.75) is 51.6 Å². The van der Waals surface area contributed by atoms with E-state index in [1.54, 1.807) is 23.5 Å². The topological polar surface area (TPSA) is 124 Å². The number of para-hydroxylation sites is 1. The van der Waals surface area contributed by atoms with Crippen LogP contribution >= 0.6 is 0 Å². The second kappa shape index (κ2) is 8.26. The number of methoxy groups -OCH3 is 1. The van der Waals surface area contributed by atoms with Gasteiger partial charge in [0.05, 0.1) is 12.7 Å². The van der Waals surface area contributed by atoms with E-state index in [0.717, 1.165) is 6.42 Å². The van der Waals surface area contributed by atoms with Crippen LogP contribution in [0.1, 0.15) is 51.6 Å². The number of carbonyl (C=O) groups excluding carboxylic acids is 3. The van der Waals surface area contributed by atoms with E-state index in [1.165, 1.54) is 12.0 Å². The first-order valence-electron chi connectivity index (χ1n) is 10.5. The van der Waals surface area contributed by atoms with Crippen LogP contribution in [0, 0.1) is 17.8 Å². The molecule has 3 N–H and O–H groups in total. The lowest BCUT2D eigenvalue weighted by Gasteiger charge is -2.34. The SMILES string of the molecule is CCCCN1C(=O)[C@@H]2[C@@H](C1=O)[C@](CC(C)C)(C(=O)[O-])[NH2+][C@H]2c1cccc(OC)c1O. The number of fused-ring (bicyclic) bond motifs is 1. The number of carboxylic acid groups (broad SMARTS) is 1. The predicted octanol–water partition coefficient (Wildman–Crippen LogP) is -0.0450. The Hall–Kier alpha value is -2.61. The smallest absolute Gasteiger partial charge is 0.240 e. The molecule has 0 bridgehead atoms. The Balaban J connectivity index is 2.15. The van der Waals surface area contributed by atoms with Gasteiger partial charge in [0.25, 0.3) is 0 Å². The molecule has 2 saturated heterocycles. The van der Waals surface area contributed by atoms with Gasteiger partial charge in [0.15, 0.2) is 11.5 Å². The van der Waals surface area contributed by atoms with E-state index in [0.29, 0.717) is 12.0 Å². The zero-order valence-corrected chi connectivity index (χ0v) is 17.9. The number of hydrogen-bond acceptors (Lipinski definition) is 6. The Morgan fingerprint density at radius 3 is 2.60 bits per heavy atom. The van der Waals surface area contributed by atoms with Crippen molar-refractivity contribution < 1.29 is 34.7 Å². The summed E-state index contributed by atoms with van der Waals surface area (Å²) in [6, 6.07) is 4.17. The zero-order valence-electron chi connectivity index (χ0n) is 17.9. The van der Waals surface area contributed by atoms with Gasteiger partial charge in [-0.3, -0.25) is 14.5 Å². The van der Waals surface area contributed by atoms with Crippen LogP contribution in [0.15, 0.2) is 18.2 Å². The van der Waals surface area contributed by atoms with Gasteiger partial charge in [-0.2, -0.15) is 0 Å². The van der Waals surface area contributed by atoms with Crippen molar-refractivity contribution in [3.63, 3.8) is 0 Å². The number of rotatable bonds is 8. The van der Waals surface area contributed by atoms with E-state index in [-0.39, 0.29) is 36.3 Å². The summed E-state index contributed by atoms with van der Waals surface area (Å²) in [5.41, 5.74) is -1.19. The van der Waals surface area contributed by atoms with E-state index in [9.17, 15) is 24.6 Å². The van der Waals surface area contributed by atoms with Crippen LogP contribution in [-0.4, -0.2) is 47.0 Å². The monoisotopic (exact) mass is 418 g/mol. The summed E-state index contributed by atoms with van der Waals surface area (Å²) in [6.45, 7) is 5.98. The molecule has 0 radical (unpaired) electrons. The average Bonchev–Trinajstić information content (AvgIpc) is 3.15. The van der Waals surface area contributed by atoms with Crippen LogP contribution < -0.4 is 15.2 Å². The number of likely N-dealkylation sites (tertiary alicyclic amines) is 1. The lowest BCUT2D eigenvalue weighted by Crippen LogP contribution is -2.99. The number of phenols is 1. The number of nitrogens with zero attached hydrogens (tertiary/aromatic N) is 1. The molecule has 8 heteroatoms. The van der Waals surface area contributed by atoms with Crippen LogP contribution in [0.3, 0.4) is 0 Å². The number of unbranched alkanes of at least 4 members (excludes halogenated alkanes) is 1. The fourth-order valence-corrected chi connectivity index (χ4v) is 5.12. The Morgan fingerprint density at radius 2 is 2.03 bits per heavy atom. The number of aliphatic carboxylic acids is 1. The molecule has 164 valence electrons. The number of hydrogen-bond donors (Lipinski definition) is 2. The van der Waals surface area contributed by atoms with Crippen molar-refractivity contribution in [2.75, 3.05) is 13.7 Å². The third-order valence-electron chi connectivity index (χ3n) is 6.33. The number of phenolic OH excluding ortho intramolecular Hbond substituents is 1. The molecule has 2 fully saturated rings. The van der Waals surface area contributed by atoms with Crippen molar-refractivity contribution >= 4 is 17.8 Å². The molecule has 8 nitrogen and oxygen atoms in total. The van der Waals surface area contributed by atoms with Crippen LogP contribution in [0.4, 0.5) is 0 Å². The summed E-state index contributed by atoms with van der Waals surface area (Å²) in [4.78, 5) is 40.3. The molecular formula is C22H30N2O6. The maximum atomic E-state index is 13.3. The summed E-state index contributed by atoms with van der Waals surface area (Å²) in [5.74, 6) is -4.07. The number of imide groups is 1. The largest absolute Gasteiger partial charge is 0.544 e. The maximum Gasteiger partial charge on any atom is 0.240 e. The minimum atomic E-state index is -1.58. The normalized spacial score (nSPS) is 28.3. The van der Waals surface area contributed by atoms with Gasteiger partial charge in [-0.25, -0.2) is 0 Å². The van der Waals surface area contributed by atoms with Gasteiger partial charge >= 0.3 is 0 Å². The zero-order chi connectivity index (χ0) is 22.2. The van der Waals surface area contributed by atoms with Crippen molar-refractivity contribution in [3.05, 3.63) is 23.8 Å². The summed E-state index contributed by atoms with van der Waals surface area (Å²) in [7, 11) is 1.42. The predicted molar refractivity (Wildman–Crippen MR) is 105 cm³/mol. The third-order valence-corrected chi connectivity index (χ3v) is 6.33. The molecule has 30 heavy (non-hydrogen) atoms. The molecule has 1 aromatic rings. The summed E-state index contributed by atoms with van der Waals surface area (Å²) in [5, 5.41) is 24.7. The quantitative estimate of drug-likeness (QED) is 0.571. The number of nitrogens with two attached hydrogens (primary N) is 1. The molecule has 3 rings (SSSR count). The highest BCUT2D eigenvalue weighted by Crippen LogP contribution is 2.48. The molecule has 0 saturated carbocycles. The van der Waals surface area contributed by atoms with E-state index in [2.05, 4.69) is 0 Å². The van der Waals surface area contributed by atoms with Gasteiger partial charge < -0.3 is 25.1 Å². The van der Waals surface area contributed by atoms with E-state index >= 15 is 0 Å². The van der Waals surface area contributed by atoms with Gasteiger partial charge in [0.1, 0.15) is 29.4 Å². The Kier molecular flexibility index (Phi) is 6.08. The number of quaternary nitrogens is 1. The number of benzene rings is 1. The van der Waals surface area contributed by atoms with E-state index in [1.807, 2.05) is 20.8 Å². The second-order valence-corrected chi connectivity index (χ2v) is 8.70. The first kappa shape index (κ1) is 22.1. The van der Waals surface area contributed by atoms with Crippen LogP contribution in [0.5, 0.6) is 11.5 Å². The van der Waals surface area contributed by atoms with Gasteiger partial charge in [0.2, 0.25) is 11.8 Å². The highest BCUT2D eigenvalue weighted by atomic mass is 16.5. The number of ether oxygens (including phenoxy) is 1. The summed E-state index contributed by atoms with van der Waals surface area (Å²) in [6.07, 6.45) is 1.63. The molecule has 0 aromatic heterocycles. The van der Waals surface area contributed by atoms with Crippen LogP contribution in [-0.2, 0) is 14.4 Å². The average molecular weight is 418 g/mol. The number of amides is 2. The standard InChI is InChI=1S/C22H30N2O6/c1-5-6-10-24-19(26)15-16(20(24)27)22(21(28)29,11-12(2)3)23-17(15)13-8-7-9-14(30-4)18(13)25/h7-9,12,15-17,23,25H,5-6,10-11H2,1-4H3,(H,28,29)/t15-,16+,17+,22-/m1/s1. The van der Waals surface area contributed by atoms with E-state index in [4.69, 9.17) is 4.74 Å². The molecule has 2 heterocycles. The van der Waals surface area contributed by atoms with Crippen LogP contribution in [0.2, 0.25) is 0 Å². The number of carbonyl (C=O) groups is 3. The van der Waals surface area contributed by atoms with Gasteiger partial charge in [-0.1, -0.05) is 33.3 Å². The summed E-state index contributed by atoms with van der Waals surface area (Å²) < 4.78 is 5.19. The van der Waals surface area contributed by atoms with Crippen molar-refractivity contribution in [2.24, 2.45) is 17.8 Å². The van der Waals surface area contributed by atoms with Gasteiger partial charge in [0, 0.05) is 13.0 Å². The van der Waals surface area contributed by atoms with Crippen molar-refractivity contribution in [3.8, 4) is 11.5 Å². The molecule has 0 unspecified atom stereocenters. The molecule has 4 atom stereocenters. The number of carboxylic acids is 1. The molecular weight excluding hydrogens is 388 g/mol. The fraction of sp³-hybridized carbons (Fsp3) is 0.591. The minimum Gasteiger partial charge on any atom is -0.544 e. The van der Waals surface area contributed by atoms with Crippen molar-refractivity contribution in [1.29, 1.82) is 0 Å². The maximum absolute atomic E-state index is 13.3. The van der Waals surface area contributed by atoms with Gasteiger partial charge in [-0.15, -0.1) is 0 Å². The first-order valence-corrected chi connectivity index (χ1v) is 10.5. The third kappa shape index (κ3) is 3.33. The molecule has 0 aliphatic carbocycles. The van der Waals surface area contributed by atoms with E-state index < -0.39 is 35.3 Å². The molecule has 2 aliphatic heterocycles. The lowest BCUT2D eigenvalue weighted by atomic mass is 9.75. The van der Waals surface area contributed by atoms with Crippen LogP contribution in [0.25, 0.3) is 0 Å². The number of aromatic hydroxyl groups is 1. The Labute approximate surface area is 176 Å². The van der Waals surface area contributed by atoms with Crippen molar-refractivity contribution in [1.82, 2.24) is 4.90 Å². The summed E-state index contributed by atoms with van der Waals surface area (Å²) >= 11 is 0. The Morgan fingerprint density at radius 1 is 1.33 bits per heavy atom. The molecule has 2 aliphatic rings. The molecule has 2 amide bonds. The highest BCUT2D eigenvalue weighted by molar-refractivity contribution is 6.08. The second-order valence-electron chi connectivity index (χ2n) is 8.70. The lowest BCUT2D eigenvalue weighted by molar-refractivity contribution is -0.740. The minimum absolute atomic E-state index is 0.0370.